The smallest absolute Gasteiger partial charge is 0.350 e. The summed E-state index contributed by atoms with van der Waals surface area (Å²) in [6.07, 6.45) is 1.24. The Kier molecular flexibility index (Phi) is 3.02. The Morgan fingerprint density at radius 1 is 1.38 bits per heavy atom. The molecule has 0 spiro atoms. The SMILES string of the molecule is CCCC(CC1CO1)(C1OC1=O)N1C(=O)NC(=O)C1(C)C. The fraction of sp³-hybridized carbons (Fsp3) is 0.786. The van der Waals surface area contributed by atoms with Crippen molar-refractivity contribution < 1.29 is 23.9 Å². The number of hydrogen-bond acceptors (Lipinski definition) is 5. The maximum atomic E-state index is 12.3. The molecule has 0 aromatic rings. The summed E-state index contributed by atoms with van der Waals surface area (Å²) in [5, 5.41) is 2.35. The van der Waals surface area contributed by atoms with Gasteiger partial charge in [-0.05, 0) is 20.3 Å². The zero-order valence-electron chi connectivity index (χ0n) is 12.5. The lowest BCUT2D eigenvalue weighted by Crippen LogP contribution is -2.62. The number of epoxide rings is 2. The average molecular weight is 296 g/mol. The Hall–Kier alpha value is -1.63. The van der Waals surface area contributed by atoms with Crippen molar-refractivity contribution >= 4 is 17.9 Å². The molecule has 3 aliphatic rings. The number of rotatable bonds is 6. The first-order valence-electron chi connectivity index (χ1n) is 7.31. The molecule has 0 aromatic carbocycles. The van der Waals surface area contributed by atoms with Crippen molar-refractivity contribution in [3.8, 4) is 0 Å². The Bertz CT molecular complexity index is 513. The van der Waals surface area contributed by atoms with Gasteiger partial charge in [-0.1, -0.05) is 13.3 Å². The lowest BCUT2D eigenvalue weighted by molar-refractivity contribution is -0.128. The molecule has 3 atom stereocenters. The first kappa shape index (κ1) is 14.3. The van der Waals surface area contributed by atoms with Gasteiger partial charge in [0.15, 0.2) is 0 Å². The molecule has 3 amide bonds. The number of nitrogens with zero attached hydrogens (tertiary/aromatic N) is 1. The Morgan fingerprint density at radius 2 is 2.00 bits per heavy atom. The zero-order valence-corrected chi connectivity index (χ0v) is 12.5. The van der Waals surface area contributed by atoms with Crippen molar-refractivity contribution in [2.24, 2.45) is 0 Å². The maximum absolute atomic E-state index is 12.3. The average Bonchev–Trinajstić information content (AvgIpc) is 3.26. The minimum absolute atomic E-state index is 0.0212. The number of urea groups is 1. The van der Waals surface area contributed by atoms with Crippen molar-refractivity contribution in [2.75, 3.05) is 6.61 Å². The highest BCUT2D eigenvalue weighted by Crippen LogP contribution is 2.46. The van der Waals surface area contributed by atoms with E-state index < -0.39 is 23.2 Å². The highest BCUT2D eigenvalue weighted by atomic mass is 16.6. The van der Waals surface area contributed by atoms with Crippen LogP contribution >= 0.6 is 0 Å². The normalized spacial score (nSPS) is 32.5. The molecule has 0 aliphatic carbocycles. The first-order valence-corrected chi connectivity index (χ1v) is 7.31. The minimum atomic E-state index is -1.01. The number of ether oxygens (including phenoxy) is 2. The Morgan fingerprint density at radius 3 is 2.38 bits per heavy atom. The van der Waals surface area contributed by atoms with Crippen molar-refractivity contribution in [3.63, 3.8) is 0 Å². The Balaban J connectivity index is 2.02. The zero-order chi connectivity index (χ0) is 15.4. The molecule has 3 fully saturated rings. The molecular formula is C14H20N2O5. The second-order valence-corrected chi connectivity index (χ2v) is 6.48. The first-order chi connectivity index (χ1) is 9.83. The highest BCUT2D eigenvalue weighted by Gasteiger charge is 2.66. The predicted molar refractivity (Wildman–Crippen MR) is 71.3 cm³/mol. The lowest BCUT2D eigenvalue weighted by Gasteiger charge is -2.44. The predicted octanol–water partition coefficient (Wildman–Crippen LogP) is 0.570. The molecule has 0 radical (unpaired) electrons. The van der Waals surface area contributed by atoms with Gasteiger partial charge < -0.3 is 14.4 Å². The van der Waals surface area contributed by atoms with Crippen LogP contribution in [0.4, 0.5) is 4.79 Å². The summed E-state index contributed by atoms with van der Waals surface area (Å²) in [6.45, 7) is 5.99. The molecule has 3 heterocycles. The van der Waals surface area contributed by atoms with Crippen molar-refractivity contribution in [3.05, 3.63) is 0 Å². The van der Waals surface area contributed by atoms with E-state index in [1.807, 2.05) is 6.92 Å². The van der Waals surface area contributed by atoms with Crippen molar-refractivity contribution in [2.45, 2.75) is 63.3 Å². The second kappa shape index (κ2) is 4.43. The summed E-state index contributed by atoms with van der Waals surface area (Å²) in [7, 11) is 0. The monoisotopic (exact) mass is 296 g/mol. The standard InChI is InChI=1S/C14H20N2O5/c1-4-5-14(6-8-7-20-8,9-10(17)21-9)16-12(19)15-11(18)13(16,2)3/h8-9H,4-7H2,1-3H3,(H,15,18,19). The number of carbonyl (C=O) groups excluding carboxylic acids is 3. The van der Waals surface area contributed by atoms with Crippen LogP contribution < -0.4 is 5.32 Å². The van der Waals surface area contributed by atoms with Crippen LogP contribution in [0.15, 0.2) is 0 Å². The van der Waals surface area contributed by atoms with Crippen LogP contribution in [0.2, 0.25) is 0 Å². The number of hydrogen-bond donors (Lipinski definition) is 1. The summed E-state index contributed by atoms with van der Waals surface area (Å²) in [4.78, 5) is 37.6. The van der Waals surface area contributed by atoms with E-state index in [1.165, 1.54) is 4.90 Å². The van der Waals surface area contributed by atoms with E-state index in [9.17, 15) is 14.4 Å². The number of amides is 3. The summed E-state index contributed by atoms with van der Waals surface area (Å²) in [5.41, 5.74) is -1.82. The highest BCUT2D eigenvalue weighted by molar-refractivity contribution is 6.07. The van der Waals surface area contributed by atoms with Gasteiger partial charge in [-0.15, -0.1) is 0 Å². The van der Waals surface area contributed by atoms with E-state index in [0.29, 0.717) is 19.4 Å². The molecule has 21 heavy (non-hydrogen) atoms. The topological polar surface area (TPSA) is 91.5 Å². The third-order valence-corrected chi connectivity index (χ3v) is 4.53. The molecule has 3 rings (SSSR count). The molecule has 0 saturated carbocycles. The van der Waals surface area contributed by atoms with E-state index in [-0.39, 0.29) is 18.0 Å². The summed E-state index contributed by atoms with van der Waals surface area (Å²) in [6, 6.07) is -0.456. The van der Waals surface area contributed by atoms with Gasteiger partial charge >= 0.3 is 12.0 Å². The van der Waals surface area contributed by atoms with Crippen LogP contribution in [0.25, 0.3) is 0 Å². The number of nitrogens with one attached hydrogen (secondary N) is 1. The molecule has 7 nitrogen and oxygen atoms in total. The van der Waals surface area contributed by atoms with Gasteiger partial charge in [-0.25, -0.2) is 9.59 Å². The van der Waals surface area contributed by atoms with Gasteiger partial charge in [0, 0.05) is 6.42 Å². The molecule has 7 heteroatoms. The third-order valence-electron chi connectivity index (χ3n) is 4.53. The lowest BCUT2D eigenvalue weighted by atomic mass is 9.80. The molecule has 1 N–H and O–H groups in total. The van der Waals surface area contributed by atoms with Gasteiger partial charge in [0.1, 0.15) is 5.54 Å². The molecule has 0 aromatic heterocycles. The molecule has 3 saturated heterocycles. The van der Waals surface area contributed by atoms with Crippen molar-refractivity contribution in [1.82, 2.24) is 10.2 Å². The van der Waals surface area contributed by atoms with Gasteiger partial charge in [0.25, 0.3) is 5.91 Å². The van der Waals surface area contributed by atoms with Crippen LogP contribution in [0.3, 0.4) is 0 Å². The molecule has 3 aliphatic heterocycles. The van der Waals surface area contributed by atoms with E-state index in [2.05, 4.69) is 5.32 Å². The van der Waals surface area contributed by atoms with Crippen molar-refractivity contribution in [1.29, 1.82) is 0 Å². The van der Waals surface area contributed by atoms with E-state index in [0.717, 1.165) is 6.42 Å². The van der Waals surface area contributed by atoms with Crippen LogP contribution in [0.5, 0.6) is 0 Å². The summed E-state index contributed by atoms with van der Waals surface area (Å²) in [5.74, 6) is -0.662. The van der Waals surface area contributed by atoms with E-state index >= 15 is 0 Å². The molecule has 0 bridgehead atoms. The fourth-order valence-electron chi connectivity index (χ4n) is 3.51. The minimum Gasteiger partial charge on any atom is -0.445 e. The van der Waals surface area contributed by atoms with Crippen LogP contribution in [0, 0.1) is 0 Å². The largest absolute Gasteiger partial charge is 0.445 e. The molecule has 116 valence electrons. The van der Waals surface area contributed by atoms with Gasteiger partial charge in [0.05, 0.1) is 18.2 Å². The van der Waals surface area contributed by atoms with E-state index in [4.69, 9.17) is 9.47 Å². The summed E-state index contributed by atoms with van der Waals surface area (Å²) >= 11 is 0. The fourth-order valence-corrected chi connectivity index (χ4v) is 3.51. The van der Waals surface area contributed by atoms with Gasteiger partial charge in [-0.3, -0.25) is 10.1 Å². The molecule has 3 unspecified atom stereocenters. The van der Waals surface area contributed by atoms with Crippen LogP contribution in [0.1, 0.15) is 40.0 Å². The second-order valence-electron chi connectivity index (χ2n) is 6.48. The maximum Gasteiger partial charge on any atom is 0.350 e. The molecular weight excluding hydrogens is 276 g/mol. The third kappa shape index (κ3) is 2.10. The quantitative estimate of drug-likeness (QED) is 0.571. The van der Waals surface area contributed by atoms with Crippen LogP contribution in [-0.2, 0) is 19.1 Å². The van der Waals surface area contributed by atoms with Gasteiger partial charge in [-0.2, -0.15) is 0 Å². The number of imide groups is 1. The Labute approximate surface area is 122 Å². The van der Waals surface area contributed by atoms with E-state index in [1.54, 1.807) is 13.8 Å². The number of cyclic esters (lactones) is 1. The number of carbonyl (C=O) groups is 3. The van der Waals surface area contributed by atoms with Crippen LogP contribution in [-0.4, -0.2) is 52.7 Å². The van der Waals surface area contributed by atoms with Gasteiger partial charge in [0.2, 0.25) is 6.10 Å². The summed E-state index contributed by atoms with van der Waals surface area (Å²) < 4.78 is 10.4.